The summed E-state index contributed by atoms with van der Waals surface area (Å²) >= 11 is 0. The van der Waals surface area contributed by atoms with E-state index in [9.17, 15) is 22.4 Å². The second-order valence-corrected chi connectivity index (χ2v) is 4.33. The first kappa shape index (κ1) is 15.0. The van der Waals surface area contributed by atoms with Crippen LogP contribution in [0.25, 0.3) is 0 Å². The summed E-state index contributed by atoms with van der Waals surface area (Å²) in [5.41, 5.74) is -0.127. The Kier molecular flexibility index (Phi) is 4.26. The van der Waals surface area contributed by atoms with Crippen molar-refractivity contribution in [2.24, 2.45) is 0 Å². The summed E-state index contributed by atoms with van der Waals surface area (Å²) in [5.74, 6) is -4.93. The van der Waals surface area contributed by atoms with Gasteiger partial charge in [-0.25, -0.2) is 17.6 Å². The summed E-state index contributed by atoms with van der Waals surface area (Å²) in [6.07, 6.45) is -1.19. The van der Waals surface area contributed by atoms with Gasteiger partial charge in [-0.05, 0) is 37.3 Å². The molecule has 0 spiro atoms. The SMILES string of the molecule is CC(Oc1cc(F)ccc1F)C(=O)c1ccc(F)c(F)c1. The molecule has 2 aromatic rings. The van der Waals surface area contributed by atoms with Gasteiger partial charge in [0.2, 0.25) is 5.78 Å². The third-order valence-electron chi connectivity index (χ3n) is 2.77. The highest BCUT2D eigenvalue weighted by Gasteiger charge is 2.20. The monoisotopic (exact) mass is 298 g/mol. The van der Waals surface area contributed by atoms with Crippen LogP contribution in [0.4, 0.5) is 17.6 Å². The zero-order valence-corrected chi connectivity index (χ0v) is 10.9. The molecular formula is C15H10F4O2. The second-order valence-electron chi connectivity index (χ2n) is 4.33. The van der Waals surface area contributed by atoms with Gasteiger partial charge in [0.25, 0.3) is 0 Å². The topological polar surface area (TPSA) is 26.3 Å². The Bertz CT molecular complexity index is 685. The average molecular weight is 298 g/mol. The zero-order valence-electron chi connectivity index (χ0n) is 10.9. The lowest BCUT2D eigenvalue weighted by atomic mass is 10.1. The molecule has 0 heterocycles. The van der Waals surface area contributed by atoms with Crippen molar-refractivity contribution in [1.82, 2.24) is 0 Å². The van der Waals surface area contributed by atoms with Gasteiger partial charge in [-0.15, -0.1) is 0 Å². The molecule has 0 radical (unpaired) electrons. The number of hydrogen-bond donors (Lipinski definition) is 0. The Balaban J connectivity index is 2.19. The van der Waals surface area contributed by atoms with E-state index in [1.165, 1.54) is 6.92 Å². The number of Topliss-reactive ketones (excluding diaryl/α,β-unsaturated/α-hetero) is 1. The van der Waals surface area contributed by atoms with Crippen LogP contribution in [0.1, 0.15) is 17.3 Å². The molecule has 2 rings (SSSR count). The van der Waals surface area contributed by atoms with Gasteiger partial charge >= 0.3 is 0 Å². The summed E-state index contributed by atoms with van der Waals surface area (Å²) < 4.78 is 57.3. The molecule has 0 aromatic heterocycles. The van der Waals surface area contributed by atoms with Crippen LogP contribution in [0.15, 0.2) is 36.4 Å². The number of carbonyl (C=O) groups excluding carboxylic acids is 1. The molecule has 0 saturated carbocycles. The molecule has 0 saturated heterocycles. The summed E-state index contributed by atoms with van der Waals surface area (Å²) in [5, 5.41) is 0. The minimum Gasteiger partial charge on any atom is -0.479 e. The Hall–Kier alpha value is -2.37. The Morgan fingerprint density at radius 3 is 2.29 bits per heavy atom. The lowest BCUT2D eigenvalue weighted by Crippen LogP contribution is -2.24. The maximum atomic E-state index is 13.4. The minimum absolute atomic E-state index is 0.127. The molecule has 110 valence electrons. The van der Waals surface area contributed by atoms with Crippen molar-refractivity contribution < 1.29 is 27.1 Å². The number of halogens is 4. The van der Waals surface area contributed by atoms with E-state index in [0.29, 0.717) is 0 Å². The fourth-order valence-corrected chi connectivity index (χ4v) is 1.70. The van der Waals surface area contributed by atoms with Crippen molar-refractivity contribution in [3.8, 4) is 5.75 Å². The second kappa shape index (κ2) is 5.95. The van der Waals surface area contributed by atoms with Crippen LogP contribution in [0.3, 0.4) is 0 Å². The number of carbonyl (C=O) groups is 1. The number of benzene rings is 2. The number of ether oxygens (including phenoxy) is 1. The van der Waals surface area contributed by atoms with E-state index in [1.54, 1.807) is 0 Å². The molecule has 2 aromatic carbocycles. The molecule has 1 unspecified atom stereocenters. The van der Waals surface area contributed by atoms with Crippen LogP contribution in [-0.4, -0.2) is 11.9 Å². The molecular weight excluding hydrogens is 288 g/mol. The number of rotatable bonds is 4. The molecule has 21 heavy (non-hydrogen) atoms. The predicted octanol–water partition coefficient (Wildman–Crippen LogP) is 3.89. The quantitative estimate of drug-likeness (QED) is 0.632. The molecule has 0 amide bonds. The van der Waals surface area contributed by atoms with Crippen LogP contribution in [0.2, 0.25) is 0 Å². The molecule has 0 bridgehead atoms. The van der Waals surface area contributed by atoms with E-state index in [2.05, 4.69) is 0 Å². The molecule has 0 aliphatic rings. The van der Waals surface area contributed by atoms with E-state index in [4.69, 9.17) is 4.74 Å². The molecule has 1 atom stereocenters. The molecule has 0 N–H and O–H groups in total. The highest BCUT2D eigenvalue weighted by atomic mass is 19.2. The normalized spacial score (nSPS) is 12.0. The third kappa shape index (κ3) is 3.39. The highest BCUT2D eigenvalue weighted by Crippen LogP contribution is 2.21. The van der Waals surface area contributed by atoms with E-state index in [0.717, 1.165) is 36.4 Å². The number of ketones is 1. The van der Waals surface area contributed by atoms with Crippen molar-refractivity contribution in [2.45, 2.75) is 13.0 Å². The predicted molar refractivity (Wildman–Crippen MR) is 67.1 cm³/mol. The van der Waals surface area contributed by atoms with Gasteiger partial charge in [-0.2, -0.15) is 0 Å². The largest absolute Gasteiger partial charge is 0.479 e. The van der Waals surface area contributed by atoms with Gasteiger partial charge in [0, 0.05) is 11.6 Å². The maximum absolute atomic E-state index is 13.4. The van der Waals surface area contributed by atoms with Crippen molar-refractivity contribution in [1.29, 1.82) is 0 Å². The minimum atomic E-state index is -1.19. The Morgan fingerprint density at radius 1 is 0.952 bits per heavy atom. The van der Waals surface area contributed by atoms with Gasteiger partial charge in [-0.1, -0.05) is 0 Å². The van der Waals surface area contributed by atoms with Crippen molar-refractivity contribution >= 4 is 5.78 Å². The van der Waals surface area contributed by atoms with Crippen molar-refractivity contribution in [2.75, 3.05) is 0 Å². The van der Waals surface area contributed by atoms with Gasteiger partial charge < -0.3 is 4.74 Å². The smallest absolute Gasteiger partial charge is 0.203 e. The zero-order chi connectivity index (χ0) is 15.6. The fourth-order valence-electron chi connectivity index (χ4n) is 1.70. The van der Waals surface area contributed by atoms with Gasteiger partial charge in [0.15, 0.2) is 29.3 Å². The molecule has 0 aliphatic heterocycles. The van der Waals surface area contributed by atoms with Crippen LogP contribution >= 0.6 is 0 Å². The Labute approximate surface area is 118 Å². The van der Waals surface area contributed by atoms with E-state index in [-0.39, 0.29) is 5.56 Å². The summed E-state index contributed by atoms with van der Waals surface area (Å²) in [4.78, 5) is 12.0. The molecule has 2 nitrogen and oxygen atoms in total. The van der Waals surface area contributed by atoms with Crippen LogP contribution in [-0.2, 0) is 0 Å². The van der Waals surface area contributed by atoms with Crippen LogP contribution < -0.4 is 4.74 Å². The summed E-state index contributed by atoms with van der Waals surface area (Å²) in [7, 11) is 0. The van der Waals surface area contributed by atoms with Gasteiger partial charge in [-0.3, -0.25) is 4.79 Å². The standard InChI is InChI=1S/C15H10F4O2/c1-8(21-14-7-10(16)3-5-12(14)18)15(20)9-2-4-11(17)13(19)6-9/h2-8H,1H3. The first-order valence-electron chi connectivity index (χ1n) is 5.99. The third-order valence-corrected chi connectivity index (χ3v) is 2.77. The average Bonchev–Trinajstić information content (AvgIpc) is 2.45. The van der Waals surface area contributed by atoms with E-state index in [1.807, 2.05) is 0 Å². The summed E-state index contributed by atoms with van der Waals surface area (Å²) in [6, 6.07) is 5.17. The van der Waals surface area contributed by atoms with Gasteiger partial charge in [0.05, 0.1) is 0 Å². The first-order valence-corrected chi connectivity index (χ1v) is 5.99. The van der Waals surface area contributed by atoms with E-state index < -0.39 is 40.9 Å². The van der Waals surface area contributed by atoms with Crippen LogP contribution in [0, 0.1) is 23.3 Å². The fraction of sp³-hybridized carbons (Fsp3) is 0.133. The highest BCUT2D eigenvalue weighted by molar-refractivity contribution is 5.99. The van der Waals surface area contributed by atoms with Crippen LogP contribution in [0.5, 0.6) is 5.75 Å². The number of hydrogen-bond acceptors (Lipinski definition) is 2. The summed E-state index contributed by atoms with van der Waals surface area (Å²) in [6.45, 7) is 1.30. The van der Waals surface area contributed by atoms with Gasteiger partial charge in [0.1, 0.15) is 5.82 Å². The maximum Gasteiger partial charge on any atom is 0.203 e. The lowest BCUT2D eigenvalue weighted by Gasteiger charge is -2.14. The first-order chi connectivity index (χ1) is 9.88. The van der Waals surface area contributed by atoms with Crippen molar-refractivity contribution in [3.05, 3.63) is 65.2 Å². The lowest BCUT2D eigenvalue weighted by molar-refractivity contribution is 0.0811. The molecule has 0 aliphatic carbocycles. The Morgan fingerprint density at radius 2 is 1.62 bits per heavy atom. The molecule has 6 heteroatoms. The van der Waals surface area contributed by atoms with E-state index >= 15 is 0 Å². The molecule has 0 fully saturated rings. The van der Waals surface area contributed by atoms with Crippen molar-refractivity contribution in [3.63, 3.8) is 0 Å².